The molecule has 3 aromatic carbocycles. The van der Waals surface area contributed by atoms with Gasteiger partial charge in [-0.15, -0.1) is 0 Å². The van der Waals surface area contributed by atoms with Gasteiger partial charge in [0.25, 0.3) is 11.7 Å². The van der Waals surface area contributed by atoms with Crippen LogP contribution in [0.3, 0.4) is 0 Å². The molecule has 1 atom stereocenters. The number of aliphatic hydroxyl groups excluding tert-OH is 1. The summed E-state index contributed by atoms with van der Waals surface area (Å²) in [5.41, 5.74) is 2.23. The van der Waals surface area contributed by atoms with Crippen molar-refractivity contribution in [1.82, 2.24) is 0 Å². The van der Waals surface area contributed by atoms with E-state index in [1.165, 1.54) is 18.1 Å². The minimum atomic E-state index is -0.864. The van der Waals surface area contributed by atoms with Gasteiger partial charge < -0.3 is 9.84 Å². The first-order valence-electron chi connectivity index (χ1n) is 9.79. The van der Waals surface area contributed by atoms with E-state index in [0.29, 0.717) is 27.0 Å². The monoisotopic (exact) mass is 467 g/mol. The minimum Gasteiger partial charge on any atom is -0.507 e. The van der Waals surface area contributed by atoms with Crippen LogP contribution in [0.15, 0.2) is 72.3 Å². The summed E-state index contributed by atoms with van der Waals surface area (Å²) in [5, 5.41) is 12.1. The standard InChI is InChI=1S/C25H19Cl2NO4/c1-14-5-3-6-15(11-14)22-21(23(29)19-13-17(27)9-10-20(19)32-2)24(30)25(31)28(22)18-8-4-7-16(26)12-18/h3-13,22,29H,1-2H3/b23-21+. The highest BCUT2D eigenvalue weighted by Gasteiger charge is 2.47. The van der Waals surface area contributed by atoms with Gasteiger partial charge in [-0.25, -0.2) is 0 Å². The number of aliphatic hydroxyl groups is 1. The molecule has 0 radical (unpaired) electrons. The number of Topliss-reactive ketones (excluding diaryl/α,β-unsaturated/α-hetero) is 1. The molecule has 0 bridgehead atoms. The van der Waals surface area contributed by atoms with Crippen molar-refractivity contribution in [2.24, 2.45) is 0 Å². The molecule has 5 nitrogen and oxygen atoms in total. The van der Waals surface area contributed by atoms with Gasteiger partial charge in [-0.1, -0.05) is 59.1 Å². The smallest absolute Gasteiger partial charge is 0.300 e. The Morgan fingerprint density at radius 3 is 2.38 bits per heavy atom. The first kappa shape index (κ1) is 21.9. The van der Waals surface area contributed by atoms with E-state index in [2.05, 4.69) is 0 Å². The minimum absolute atomic E-state index is 0.0545. The summed E-state index contributed by atoms with van der Waals surface area (Å²) in [6, 6.07) is 17.9. The van der Waals surface area contributed by atoms with E-state index < -0.39 is 17.7 Å². The molecule has 32 heavy (non-hydrogen) atoms. The molecular formula is C25H19Cl2NO4. The van der Waals surface area contributed by atoms with Crippen molar-refractivity contribution in [2.75, 3.05) is 12.0 Å². The number of benzene rings is 3. The predicted molar refractivity (Wildman–Crippen MR) is 125 cm³/mol. The molecule has 1 saturated heterocycles. The highest BCUT2D eigenvalue weighted by Crippen LogP contribution is 2.44. The predicted octanol–water partition coefficient (Wildman–Crippen LogP) is 5.94. The van der Waals surface area contributed by atoms with Gasteiger partial charge in [-0.3, -0.25) is 14.5 Å². The van der Waals surface area contributed by atoms with Crippen molar-refractivity contribution in [3.05, 3.63) is 99.0 Å². The number of hydrogen-bond donors (Lipinski definition) is 1. The lowest BCUT2D eigenvalue weighted by Crippen LogP contribution is -2.29. The fourth-order valence-corrected chi connectivity index (χ4v) is 4.25. The molecule has 1 amide bonds. The zero-order valence-corrected chi connectivity index (χ0v) is 18.8. The van der Waals surface area contributed by atoms with Gasteiger partial charge in [0, 0.05) is 15.7 Å². The molecule has 1 N–H and O–H groups in total. The molecule has 3 aromatic rings. The second kappa shape index (κ2) is 8.69. The van der Waals surface area contributed by atoms with Crippen LogP contribution in [0.2, 0.25) is 10.0 Å². The van der Waals surface area contributed by atoms with Crippen LogP contribution >= 0.6 is 23.2 Å². The number of anilines is 1. The summed E-state index contributed by atoms with van der Waals surface area (Å²) in [6.07, 6.45) is 0. The van der Waals surface area contributed by atoms with Crippen molar-refractivity contribution in [3.8, 4) is 5.75 Å². The van der Waals surface area contributed by atoms with Gasteiger partial charge in [0.05, 0.1) is 24.3 Å². The first-order chi connectivity index (χ1) is 15.3. The summed E-state index contributed by atoms with van der Waals surface area (Å²) in [6.45, 7) is 1.91. The third kappa shape index (κ3) is 3.85. The highest BCUT2D eigenvalue weighted by molar-refractivity contribution is 6.52. The molecule has 1 aliphatic heterocycles. The third-order valence-corrected chi connectivity index (χ3v) is 5.78. The summed E-state index contributed by atoms with van der Waals surface area (Å²) in [5.74, 6) is -1.61. The van der Waals surface area contributed by atoms with Crippen LogP contribution in [-0.4, -0.2) is 23.9 Å². The normalized spacial score (nSPS) is 17.6. The van der Waals surface area contributed by atoms with Gasteiger partial charge >= 0.3 is 0 Å². The fourth-order valence-electron chi connectivity index (χ4n) is 3.89. The molecule has 1 fully saturated rings. The molecule has 1 heterocycles. The second-order valence-electron chi connectivity index (χ2n) is 7.41. The highest BCUT2D eigenvalue weighted by atomic mass is 35.5. The Morgan fingerprint density at radius 2 is 1.69 bits per heavy atom. The topological polar surface area (TPSA) is 66.8 Å². The third-order valence-electron chi connectivity index (χ3n) is 5.31. The van der Waals surface area contributed by atoms with Crippen molar-refractivity contribution < 1.29 is 19.4 Å². The van der Waals surface area contributed by atoms with Gasteiger partial charge in [-0.2, -0.15) is 0 Å². The van der Waals surface area contributed by atoms with E-state index in [-0.39, 0.29) is 16.9 Å². The number of halogens is 2. The quantitative estimate of drug-likeness (QED) is 0.293. The Kier molecular flexibility index (Phi) is 5.96. The number of methoxy groups -OCH3 is 1. The van der Waals surface area contributed by atoms with Crippen LogP contribution < -0.4 is 9.64 Å². The zero-order chi connectivity index (χ0) is 23.0. The number of carbonyl (C=O) groups is 2. The maximum atomic E-state index is 13.2. The van der Waals surface area contributed by atoms with Crippen LogP contribution in [0, 0.1) is 6.92 Å². The van der Waals surface area contributed by atoms with Crippen molar-refractivity contribution in [1.29, 1.82) is 0 Å². The zero-order valence-electron chi connectivity index (χ0n) is 17.3. The lowest BCUT2D eigenvalue weighted by Gasteiger charge is -2.26. The molecule has 1 unspecified atom stereocenters. The van der Waals surface area contributed by atoms with Crippen LogP contribution in [0.4, 0.5) is 5.69 Å². The average molecular weight is 468 g/mol. The first-order valence-corrected chi connectivity index (χ1v) is 10.5. The van der Waals surface area contributed by atoms with Gasteiger partial charge in [0.2, 0.25) is 0 Å². The Hall–Kier alpha value is -3.28. The number of amides is 1. The molecule has 0 aromatic heterocycles. The van der Waals surface area contributed by atoms with Crippen LogP contribution in [0.5, 0.6) is 5.75 Å². The van der Waals surface area contributed by atoms with Gasteiger partial charge in [0.1, 0.15) is 11.5 Å². The number of hydrogen-bond acceptors (Lipinski definition) is 4. The molecule has 1 aliphatic rings. The van der Waals surface area contributed by atoms with Crippen molar-refractivity contribution >= 4 is 46.3 Å². The van der Waals surface area contributed by atoms with Crippen molar-refractivity contribution in [3.63, 3.8) is 0 Å². The van der Waals surface area contributed by atoms with E-state index >= 15 is 0 Å². The number of carbonyl (C=O) groups excluding carboxylic acids is 2. The number of ether oxygens (including phenoxy) is 1. The Morgan fingerprint density at radius 1 is 0.969 bits per heavy atom. The number of nitrogens with zero attached hydrogens (tertiary/aromatic N) is 1. The molecular weight excluding hydrogens is 449 g/mol. The molecule has 0 spiro atoms. The average Bonchev–Trinajstić information content (AvgIpc) is 3.04. The molecule has 7 heteroatoms. The molecule has 4 rings (SSSR count). The number of aryl methyl sites for hydroxylation is 1. The van der Waals surface area contributed by atoms with Crippen LogP contribution in [0.25, 0.3) is 5.76 Å². The second-order valence-corrected chi connectivity index (χ2v) is 8.28. The van der Waals surface area contributed by atoms with E-state index in [0.717, 1.165) is 5.56 Å². The lowest BCUT2D eigenvalue weighted by molar-refractivity contribution is -0.132. The molecule has 162 valence electrons. The summed E-state index contributed by atoms with van der Waals surface area (Å²) >= 11 is 12.3. The summed E-state index contributed by atoms with van der Waals surface area (Å²) in [4.78, 5) is 27.8. The van der Waals surface area contributed by atoms with Crippen LogP contribution in [-0.2, 0) is 9.59 Å². The van der Waals surface area contributed by atoms with Crippen LogP contribution in [0.1, 0.15) is 22.7 Å². The van der Waals surface area contributed by atoms with E-state index in [1.54, 1.807) is 36.4 Å². The number of rotatable bonds is 4. The van der Waals surface area contributed by atoms with Gasteiger partial charge in [0.15, 0.2) is 0 Å². The number of ketones is 1. The van der Waals surface area contributed by atoms with E-state index in [4.69, 9.17) is 27.9 Å². The van der Waals surface area contributed by atoms with Crippen molar-refractivity contribution in [2.45, 2.75) is 13.0 Å². The van der Waals surface area contributed by atoms with E-state index in [1.807, 2.05) is 31.2 Å². The summed E-state index contributed by atoms with van der Waals surface area (Å²) < 4.78 is 5.35. The molecule has 0 saturated carbocycles. The fraction of sp³-hybridized carbons (Fsp3) is 0.120. The van der Waals surface area contributed by atoms with Gasteiger partial charge in [-0.05, 0) is 48.9 Å². The maximum absolute atomic E-state index is 13.2. The SMILES string of the molecule is COc1ccc(Cl)cc1/C(O)=C1\C(=O)C(=O)N(c2cccc(Cl)c2)C1c1cccc(C)c1. The Balaban J connectivity index is 2.00. The lowest BCUT2D eigenvalue weighted by atomic mass is 9.94. The Labute approximate surface area is 195 Å². The molecule has 0 aliphatic carbocycles. The summed E-state index contributed by atoms with van der Waals surface area (Å²) in [7, 11) is 1.45. The van der Waals surface area contributed by atoms with E-state index in [9.17, 15) is 14.7 Å². The largest absolute Gasteiger partial charge is 0.507 e. The Bertz CT molecular complexity index is 1270. The maximum Gasteiger partial charge on any atom is 0.300 e.